The average Bonchev–Trinajstić information content (AvgIpc) is 2.95. The quantitative estimate of drug-likeness (QED) is 0.454. The largest absolute Gasteiger partial charge is 0.482 e. The SMILES string of the molecule is C[C@@H](O)C(=O)OCCC[C@@H]1[C@H]2Cc3cccc(OCC(=O)O)c3C[C@H]2C[C@H]1O. The van der Waals surface area contributed by atoms with E-state index in [9.17, 15) is 14.7 Å². The predicted octanol–water partition coefficient (Wildman–Crippen LogP) is 1.57. The van der Waals surface area contributed by atoms with Gasteiger partial charge in [-0.05, 0) is 74.0 Å². The van der Waals surface area contributed by atoms with Crippen LogP contribution in [0.1, 0.15) is 37.3 Å². The lowest BCUT2D eigenvalue weighted by atomic mass is 9.73. The van der Waals surface area contributed by atoms with Gasteiger partial charge in [0.25, 0.3) is 0 Å². The van der Waals surface area contributed by atoms with Crippen molar-refractivity contribution in [2.45, 2.75) is 51.2 Å². The first-order valence-electron chi connectivity index (χ1n) is 9.85. The molecule has 3 rings (SSSR count). The van der Waals surface area contributed by atoms with Crippen LogP contribution in [0.4, 0.5) is 0 Å². The molecule has 1 aromatic carbocycles. The summed E-state index contributed by atoms with van der Waals surface area (Å²) in [7, 11) is 0. The second kappa shape index (κ2) is 8.92. The van der Waals surface area contributed by atoms with Crippen LogP contribution in [0.15, 0.2) is 18.2 Å². The van der Waals surface area contributed by atoms with Gasteiger partial charge in [0, 0.05) is 0 Å². The maximum atomic E-state index is 11.3. The molecule has 0 spiro atoms. The fraction of sp³-hybridized carbons (Fsp3) is 0.619. The van der Waals surface area contributed by atoms with Crippen molar-refractivity contribution < 1.29 is 34.4 Å². The summed E-state index contributed by atoms with van der Waals surface area (Å²) >= 11 is 0. The summed E-state index contributed by atoms with van der Waals surface area (Å²) in [6, 6.07) is 5.74. The van der Waals surface area contributed by atoms with Crippen molar-refractivity contribution >= 4 is 11.9 Å². The minimum Gasteiger partial charge on any atom is -0.482 e. The number of aliphatic hydroxyl groups is 2. The number of aliphatic carboxylic acids is 1. The molecule has 0 radical (unpaired) electrons. The lowest BCUT2D eigenvalue weighted by Crippen LogP contribution is -2.28. The maximum absolute atomic E-state index is 11.3. The first-order valence-corrected chi connectivity index (χ1v) is 9.85. The molecule has 0 amide bonds. The van der Waals surface area contributed by atoms with Gasteiger partial charge in [-0.25, -0.2) is 9.59 Å². The Labute approximate surface area is 164 Å². The molecule has 5 atom stereocenters. The zero-order valence-electron chi connectivity index (χ0n) is 16.0. The number of carboxylic acid groups (broad SMARTS) is 1. The minimum atomic E-state index is -1.12. The number of rotatable bonds is 8. The third-order valence-electron chi connectivity index (χ3n) is 5.96. The number of hydrogen-bond donors (Lipinski definition) is 3. The van der Waals surface area contributed by atoms with Crippen molar-refractivity contribution in [1.82, 2.24) is 0 Å². The van der Waals surface area contributed by atoms with Gasteiger partial charge < -0.3 is 24.8 Å². The molecule has 28 heavy (non-hydrogen) atoms. The molecule has 7 heteroatoms. The third kappa shape index (κ3) is 4.64. The van der Waals surface area contributed by atoms with Crippen LogP contribution in [0.3, 0.4) is 0 Å². The van der Waals surface area contributed by atoms with E-state index in [1.54, 1.807) is 0 Å². The number of aliphatic hydroxyl groups excluding tert-OH is 2. The molecule has 0 aromatic heterocycles. The molecule has 2 aliphatic carbocycles. The zero-order valence-corrected chi connectivity index (χ0v) is 16.0. The lowest BCUT2D eigenvalue weighted by molar-refractivity contribution is -0.152. The van der Waals surface area contributed by atoms with Crippen molar-refractivity contribution in [2.75, 3.05) is 13.2 Å². The molecular formula is C21H28O7. The van der Waals surface area contributed by atoms with Crippen molar-refractivity contribution in [3.8, 4) is 5.75 Å². The van der Waals surface area contributed by atoms with Crippen molar-refractivity contribution in [1.29, 1.82) is 0 Å². The first-order chi connectivity index (χ1) is 13.4. The van der Waals surface area contributed by atoms with Gasteiger partial charge in [-0.2, -0.15) is 0 Å². The minimum absolute atomic E-state index is 0.145. The van der Waals surface area contributed by atoms with E-state index in [1.807, 2.05) is 18.2 Å². The number of fused-ring (bicyclic) bond motifs is 2. The zero-order chi connectivity index (χ0) is 20.3. The highest BCUT2D eigenvalue weighted by Crippen LogP contribution is 2.48. The molecule has 7 nitrogen and oxygen atoms in total. The Morgan fingerprint density at radius 3 is 2.79 bits per heavy atom. The van der Waals surface area contributed by atoms with Crippen molar-refractivity contribution in [3.63, 3.8) is 0 Å². The highest BCUT2D eigenvalue weighted by molar-refractivity contribution is 5.73. The van der Waals surface area contributed by atoms with E-state index in [1.165, 1.54) is 6.92 Å². The van der Waals surface area contributed by atoms with Crippen LogP contribution in [0, 0.1) is 17.8 Å². The molecule has 1 saturated carbocycles. The van der Waals surface area contributed by atoms with Gasteiger partial charge in [0.2, 0.25) is 0 Å². The topological polar surface area (TPSA) is 113 Å². The second-order valence-corrected chi connectivity index (χ2v) is 7.86. The number of esters is 1. The van der Waals surface area contributed by atoms with E-state index < -0.39 is 18.0 Å². The van der Waals surface area contributed by atoms with E-state index in [4.69, 9.17) is 19.7 Å². The van der Waals surface area contributed by atoms with Gasteiger partial charge >= 0.3 is 11.9 Å². The molecular weight excluding hydrogens is 364 g/mol. The lowest BCUT2D eigenvalue weighted by Gasteiger charge is -2.32. The summed E-state index contributed by atoms with van der Waals surface area (Å²) in [5.41, 5.74) is 2.22. The molecule has 2 aliphatic rings. The number of hydrogen-bond acceptors (Lipinski definition) is 6. The van der Waals surface area contributed by atoms with E-state index >= 15 is 0 Å². The molecule has 1 fully saturated rings. The molecule has 0 aliphatic heterocycles. The Balaban J connectivity index is 1.62. The van der Waals surface area contributed by atoms with E-state index in [2.05, 4.69) is 0 Å². The summed E-state index contributed by atoms with van der Waals surface area (Å²) in [5.74, 6) is -0.163. The Bertz CT molecular complexity index is 715. The maximum Gasteiger partial charge on any atom is 0.341 e. The summed E-state index contributed by atoms with van der Waals surface area (Å²) in [6.45, 7) is 1.26. The van der Waals surface area contributed by atoms with E-state index in [0.717, 1.165) is 36.8 Å². The molecule has 0 saturated heterocycles. The summed E-state index contributed by atoms with van der Waals surface area (Å²) in [5, 5.41) is 28.6. The molecule has 0 unspecified atom stereocenters. The van der Waals surface area contributed by atoms with Crippen molar-refractivity contribution in [2.24, 2.45) is 17.8 Å². The summed E-state index contributed by atoms with van der Waals surface area (Å²) in [6.07, 6.45) is 2.24. The summed E-state index contributed by atoms with van der Waals surface area (Å²) in [4.78, 5) is 22.1. The number of benzene rings is 1. The van der Waals surface area contributed by atoms with Crippen LogP contribution in [0.2, 0.25) is 0 Å². The molecule has 3 N–H and O–H groups in total. The van der Waals surface area contributed by atoms with Crippen LogP contribution in [-0.2, 0) is 27.2 Å². The Morgan fingerprint density at radius 1 is 1.29 bits per heavy atom. The number of carboxylic acids is 1. The fourth-order valence-electron chi connectivity index (χ4n) is 4.69. The number of carbonyl (C=O) groups is 2. The fourth-order valence-corrected chi connectivity index (χ4v) is 4.69. The molecule has 154 valence electrons. The monoisotopic (exact) mass is 392 g/mol. The van der Waals surface area contributed by atoms with Crippen molar-refractivity contribution in [3.05, 3.63) is 29.3 Å². The highest BCUT2D eigenvalue weighted by Gasteiger charge is 2.44. The number of ether oxygens (including phenoxy) is 2. The standard InChI is InChI=1S/C21H28O7/c1-12(22)21(26)27-7-3-5-15-16-8-13-4-2-6-19(28-11-20(24)25)17(13)9-14(16)10-18(15)23/h2,4,6,12,14-16,18,22-23H,3,5,7-11H2,1H3,(H,24,25)/t12-,14+,15-,16+,18-/m1/s1. The first kappa shape index (κ1) is 20.6. The van der Waals surface area contributed by atoms with Gasteiger partial charge in [-0.3, -0.25) is 0 Å². The highest BCUT2D eigenvalue weighted by atomic mass is 16.5. The smallest absolute Gasteiger partial charge is 0.341 e. The average molecular weight is 392 g/mol. The normalized spacial score (nSPS) is 26.8. The number of carbonyl (C=O) groups excluding carboxylic acids is 1. The Kier molecular flexibility index (Phi) is 6.57. The van der Waals surface area contributed by atoms with Crippen LogP contribution in [0.5, 0.6) is 5.75 Å². The van der Waals surface area contributed by atoms with Gasteiger partial charge in [-0.1, -0.05) is 12.1 Å². The molecule has 0 bridgehead atoms. The molecule has 0 heterocycles. The predicted molar refractivity (Wildman–Crippen MR) is 99.9 cm³/mol. The van der Waals surface area contributed by atoms with Gasteiger partial charge in [0.15, 0.2) is 6.61 Å². The van der Waals surface area contributed by atoms with Gasteiger partial charge in [0.1, 0.15) is 11.9 Å². The summed E-state index contributed by atoms with van der Waals surface area (Å²) < 4.78 is 10.5. The van der Waals surface area contributed by atoms with Crippen LogP contribution >= 0.6 is 0 Å². The Hall–Kier alpha value is -2.12. The van der Waals surface area contributed by atoms with Gasteiger partial charge in [0.05, 0.1) is 12.7 Å². The van der Waals surface area contributed by atoms with Crippen LogP contribution in [0.25, 0.3) is 0 Å². The van der Waals surface area contributed by atoms with E-state index in [-0.39, 0.29) is 25.2 Å². The van der Waals surface area contributed by atoms with Gasteiger partial charge in [-0.15, -0.1) is 0 Å². The van der Waals surface area contributed by atoms with Crippen LogP contribution < -0.4 is 4.74 Å². The Morgan fingerprint density at radius 2 is 2.07 bits per heavy atom. The van der Waals surface area contributed by atoms with E-state index in [0.29, 0.717) is 24.0 Å². The third-order valence-corrected chi connectivity index (χ3v) is 5.96. The molecule has 1 aromatic rings. The van der Waals surface area contributed by atoms with Crippen LogP contribution in [-0.4, -0.2) is 52.7 Å². The second-order valence-electron chi connectivity index (χ2n) is 7.86.